The van der Waals surface area contributed by atoms with Crippen LogP contribution >= 0.6 is 11.3 Å². The van der Waals surface area contributed by atoms with Crippen molar-refractivity contribution in [1.29, 1.82) is 0 Å². The molecule has 1 atom stereocenters. The van der Waals surface area contributed by atoms with E-state index >= 15 is 0 Å². The van der Waals surface area contributed by atoms with Crippen LogP contribution in [0.2, 0.25) is 0 Å². The molecule has 4 heterocycles. The van der Waals surface area contributed by atoms with Crippen molar-refractivity contribution >= 4 is 27.7 Å². The van der Waals surface area contributed by atoms with E-state index in [2.05, 4.69) is 20.6 Å². The molecule has 14 heteroatoms. The molecule has 2 aliphatic heterocycles. The summed E-state index contributed by atoms with van der Waals surface area (Å²) < 4.78 is 69.4. The summed E-state index contributed by atoms with van der Waals surface area (Å²) in [5, 5.41) is 13.6. The van der Waals surface area contributed by atoms with Crippen molar-refractivity contribution in [2.75, 3.05) is 18.8 Å². The molecule has 5 rings (SSSR count). The predicted octanol–water partition coefficient (Wildman–Crippen LogP) is 4.59. The summed E-state index contributed by atoms with van der Waals surface area (Å²) >= 11 is 1.62. The Morgan fingerprint density at radius 2 is 1.93 bits per heavy atom. The third-order valence-electron chi connectivity index (χ3n) is 7.13. The van der Waals surface area contributed by atoms with Crippen molar-refractivity contribution in [3.8, 4) is 5.75 Å². The molecule has 0 spiro atoms. The zero-order chi connectivity index (χ0) is 28.5. The van der Waals surface area contributed by atoms with Gasteiger partial charge in [-0.25, -0.2) is 9.67 Å². The van der Waals surface area contributed by atoms with Gasteiger partial charge in [-0.2, -0.15) is 26.7 Å². The zero-order valence-electron chi connectivity index (χ0n) is 22.1. The number of aromatic nitrogens is 3. The number of fused-ring (bicyclic) bond motifs is 1. The van der Waals surface area contributed by atoms with Crippen LogP contribution in [0.25, 0.3) is 6.20 Å². The highest BCUT2D eigenvalue weighted by Crippen LogP contribution is 2.33. The van der Waals surface area contributed by atoms with Gasteiger partial charge in [0.15, 0.2) is 5.69 Å². The molecule has 0 aliphatic carbocycles. The minimum absolute atomic E-state index is 0.103. The summed E-state index contributed by atoms with van der Waals surface area (Å²) in [6, 6.07) is 6.46. The Hall–Kier alpha value is -2.94. The van der Waals surface area contributed by atoms with Crippen LogP contribution < -0.4 is 14.8 Å². The van der Waals surface area contributed by atoms with Crippen molar-refractivity contribution in [1.82, 2.24) is 30.3 Å². The number of alkyl halides is 3. The van der Waals surface area contributed by atoms with E-state index in [9.17, 15) is 21.6 Å². The number of nitrogens with one attached hydrogen (secondary N) is 2. The molecule has 1 aromatic carbocycles. The number of hydrogen-bond donors (Lipinski definition) is 2. The van der Waals surface area contributed by atoms with E-state index in [1.165, 1.54) is 4.68 Å². The maximum absolute atomic E-state index is 12.9. The second-order valence-electron chi connectivity index (χ2n) is 9.85. The fourth-order valence-corrected chi connectivity index (χ4v) is 6.36. The largest absolute Gasteiger partial charge is 0.435 e. The molecular weight excluding hydrogens is 565 g/mol. The van der Waals surface area contributed by atoms with Crippen LogP contribution in [0.3, 0.4) is 0 Å². The second-order valence-corrected chi connectivity index (χ2v) is 12.6. The van der Waals surface area contributed by atoms with E-state index in [1.54, 1.807) is 49.7 Å². The number of aryl methyl sites for hydroxylation is 1. The zero-order valence-corrected chi connectivity index (χ0v) is 23.7. The van der Waals surface area contributed by atoms with Gasteiger partial charge in [0.1, 0.15) is 11.9 Å². The minimum atomic E-state index is -4.46. The monoisotopic (exact) mass is 596 g/mol. The first-order valence-corrected chi connectivity index (χ1v) is 15.5. The number of piperidine rings is 1. The number of thiazole rings is 1. The molecule has 0 bridgehead atoms. The van der Waals surface area contributed by atoms with E-state index in [0.29, 0.717) is 30.5 Å². The quantitative estimate of drug-likeness (QED) is 0.382. The van der Waals surface area contributed by atoms with Crippen LogP contribution in [-0.2, 0) is 29.4 Å². The molecule has 2 N–H and O–H groups in total. The molecule has 2 aromatic heterocycles. The summed E-state index contributed by atoms with van der Waals surface area (Å²) in [6.07, 6.45) is 0.469. The first kappa shape index (κ1) is 28.6. The molecule has 0 radical (unpaired) electrons. The molecule has 3 aromatic rings. The SMILES string of the molecule is CCS(=O)(=O)Oc1cccc2c1CNC(c1csc(C3CCN(C=Cn4nc(C(F)(F)F)cc4C)CC3)n1)NC2. The highest BCUT2D eigenvalue weighted by molar-refractivity contribution is 7.87. The number of rotatable bonds is 7. The third kappa shape index (κ3) is 6.51. The smallest absolute Gasteiger partial charge is 0.382 e. The van der Waals surface area contributed by atoms with Crippen LogP contribution in [0.4, 0.5) is 13.2 Å². The van der Waals surface area contributed by atoms with Gasteiger partial charge in [0, 0.05) is 61.1 Å². The van der Waals surface area contributed by atoms with Crippen LogP contribution in [0.5, 0.6) is 5.75 Å². The molecule has 1 unspecified atom stereocenters. The molecule has 1 saturated heterocycles. The van der Waals surface area contributed by atoms with Crippen LogP contribution in [0.1, 0.15) is 65.1 Å². The maximum Gasteiger partial charge on any atom is 0.435 e. The third-order valence-corrected chi connectivity index (χ3v) is 9.29. The summed E-state index contributed by atoms with van der Waals surface area (Å²) in [7, 11) is -3.63. The van der Waals surface area contributed by atoms with E-state index in [1.807, 2.05) is 11.4 Å². The van der Waals surface area contributed by atoms with Gasteiger partial charge in [0.05, 0.1) is 16.5 Å². The lowest BCUT2D eigenvalue weighted by molar-refractivity contribution is -0.141. The van der Waals surface area contributed by atoms with Gasteiger partial charge in [0.2, 0.25) is 0 Å². The fraction of sp³-hybridized carbons (Fsp3) is 0.462. The molecular formula is C26H31F3N6O3S2. The summed E-state index contributed by atoms with van der Waals surface area (Å²) in [5.74, 6) is 0.542. The lowest BCUT2D eigenvalue weighted by Crippen LogP contribution is -2.31. The average molecular weight is 597 g/mol. The van der Waals surface area contributed by atoms with Crippen LogP contribution in [-0.4, -0.2) is 46.9 Å². The highest BCUT2D eigenvalue weighted by atomic mass is 32.2. The normalized spacial score (nSPS) is 19.1. The Balaban J connectivity index is 1.18. The first-order chi connectivity index (χ1) is 19.0. The minimum Gasteiger partial charge on any atom is -0.382 e. The van der Waals surface area contributed by atoms with Crippen molar-refractivity contribution in [3.05, 3.63) is 69.1 Å². The molecule has 1 fully saturated rings. The van der Waals surface area contributed by atoms with Gasteiger partial charge in [-0.3, -0.25) is 10.6 Å². The predicted molar refractivity (Wildman–Crippen MR) is 146 cm³/mol. The maximum atomic E-state index is 12.9. The Labute approximate surface area is 235 Å². The van der Waals surface area contributed by atoms with Gasteiger partial charge < -0.3 is 9.08 Å². The summed E-state index contributed by atoms with van der Waals surface area (Å²) in [6.45, 7) is 5.64. The average Bonchev–Trinajstić information content (AvgIpc) is 3.49. The number of hydrogen-bond acceptors (Lipinski definition) is 9. The molecule has 216 valence electrons. The Kier molecular flexibility index (Phi) is 8.22. The Morgan fingerprint density at radius 1 is 1.18 bits per heavy atom. The highest BCUT2D eigenvalue weighted by Gasteiger charge is 2.34. The Bertz CT molecular complexity index is 1480. The number of halogens is 3. The summed E-state index contributed by atoms with van der Waals surface area (Å²) in [5.41, 5.74) is 2.19. The van der Waals surface area contributed by atoms with Crippen LogP contribution in [0.15, 0.2) is 35.8 Å². The van der Waals surface area contributed by atoms with Crippen molar-refractivity contribution in [2.24, 2.45) is 0 Å². The number of benzene rings is 1. The molecule has 0 amide bonds. The van der Waals surface area contributed by atoms with Crippen LogP contribution in [0, 0.1) is 6.92 Å². The van der Waals surface area contributed by atoms with E-state index in [-0.39, 0.29) is 11.9 Å². The van der Waals surface area contributed by atoms with Gasteiger partial charge in [-0.15, -0.1) is 11.3 Å². The topological polar surface area (TPSA) is 101 Å². The van der Waals surface area contributed by atoms with Gasteiger partial charge in [0.25, 0.3) is 0 Å². The van der Waals surface area contributed by atoms with Crippen molar-refractivity contribution in [3.63, 3.8) is 0 Å². The number of nitrogens with zero attached hydrogens (tertiary/aromatic N) is 4. The molecule has 0 saturated carbocycles. The lowest BCUT2D eigenvalue weighted by atomic mass is 9.98. The van der Waals surface area contributed by atoms with Crippen molar-refractivity contribution < 1.29 is 25.8 Å². The standard InChI is InChI=1S/C26H31F3N6O3S2/c1-3-40(36,37)38-22-6-4-5-19-14-30-24(31-15-20(19)22)21-16-39-25(32-21)18-7-9-34(10-8-18)11-12-35-17(2)13-23(33-35)26(27,28)29/h4-6,11-13,16,18,24,30-31H,3,7-10,14-15H2,1-2H3. The molecule has 9 nitrogen and oxygen atoms in total. The summed E-state index contributed by atoms with van der Waals surface area (Å²) in [4.78, 5) is 7.01. The fourth-order valence-electron chi connectivity index (χ4n) is 4.80. The van der Waals surface area contributed by atoms with E-state index in [0.717, 1.165) is 53.8 Å². The first-order valence-electron chi connectivity index (χ1n) is 13.0. The molecule has 2 aliphatic rings. The van der Waals surface area contributed by atoms with E-state index < -0.39 is 22.0 Å². The van der Waals surface area contributed by atoms with Gasteiger partial charge in [-0.1, -0.05) is 12.1 Å². The number of likely N-dealkylation sites (tertiary alicyclic amines) is 1. The molecule has 40 heavy (non-hydrogen) atoms. The van der Waals surface area contributed by atoms with E-state index in [4.69, 9.17) is 9.17 Å². The lowest BCUT2D eigenvalue weighted by Gasteiger charge is -2.30. The second kappa shape index (κ2) is 11.5. The van der Waals surface area contributed by atoms with Gasteiger partial charge >= 0.3 is 16.3 Å². The van der Waals surface area contributed by atoms with Gasteiger partial charge in [-0.05, 0) is 44.4 Å². The van der Waals surface area contributed by atoms with Crippen molar-refractivity contribution in [2.45, 2.75) is 58.0 Å². The Morgan fingerprint density at radius 3 is 2.62 bits per heavy atom.